The lowest BCUT2D eigenvalue weighted by Crippen LogP contribution is -2.22. The van der Waals surface area contributed by atoms with Gasteiger partial charge in [-0.25, -0.2) is 4.98 Å². The molecule has 7 heteroatoms. The molecule has 150 valence electrons. The molecule has 0 spiro atoms. The average molecular weight is 390 g/mol. The van der Waals surface area contributed by atoms with Crippen molar-refractivity contribution in [2.45, 2.75) is 39.2 Å². The summed E-state index contributed by atoms with van der Waals surface area (Å²) in [7, 11) is 1.96. The molecule has 3 heterocycles. The number of hydrogen-bond donors (Lipinski definition) is 2. The molecular weight excluding hydrogens is 364 g/mol. The molecule has 3 unspecified atom stereocenters. The number of fused-ring (bicyclic) bond motifs is 2. The van der Waals surface area contributed by atoms with E-state index >= 15 is 0 Å². The van der Waals surface area contributed by atoms with E-state index in [1.165, 1.54) is 19.3 Å². The maximum Gasteiger partial charge on any atom is 0.241 e. The topological polar surface area (TPSA) is 80.6 Å². The third-order valence-electron chi connectivity index (χ3n) is 6.11. The van der Waals surface area contributed by atoms with Crippen LogP contribution in [-0.4, -0.2) is 31.1 Å². The highest BCUT2D eigenvalue weighted by atomic mass is 16.5. The van der Waals surface area contributed by atoms with Crippen LogP contribution in [0.5, 0.6) is 5.88 Å². The zero-order valence-electron chi connectivity index (χ0n) is 17.0. The van der Waals surface area contributed by atoms with Gasteiger partial charge in [0.1, 0.15) is 11.9 Å². The highest BCUT2D eigenvalue weighted by Crippen LogP contribution is 2.36. The molecule has 29 heavy (non-hydrogen) atoms. The minimum Gasteiger partial charge on any atom is -0.473 e. The zero-order valence-corrected chi connectivity index (χ0v) is 17.0. The van der Waals surface area contributed by atoms with E-state index < -0.39 is 0 Å². The summed E-state index contributed by atoms with van der Waals surface area (Å²) in [6, 6.07) is 10.1. The Labute approximate surface area is 169 Å². The molecule has 1 aromatic carbocycles. The second kappa shape index (κ2) is 7.06. The van der Waals surface area contributed by atoms with Crippen molar-refractivity contribution in [3.63, 3.8) is 0 Å². The molecule has 1 aliphatic carbocycles. The summed E-state index contributed by atoms with van der Waals surface area (Å²) in [5.41, 5.74) is 2.68. The largest absolute Gasteiger partial charge is 0.473 e. The lowest BCUT2D eigenvalue weighted by molar-refractivity contribution is 0.146. The van der Waals surface area contributed by atoms with E-state index in [-0.39, 0.29) is 6.10 Å². The maximum atomic E-state index is 6.31. The number of anilines is 2. The Kier molecular flexibility index (Phi) is 4.38. The number of pyridine rings is 1. The summed E-state index contributed by atoms with van der Waals surface area (Å²) in [4.78, 5) is 4.26. The average Bonchev–Trinajstić information content (AvgIpc) is 3.41. The number of ether oxygens (including phenoxy) is 1. The fourth-order valence-corrected chi connectivity index (χ4v) is 4.43. The van der Waals surface area contributed by atoms with Crippen molar-refractivity contribution in [1.82, 2.24) is 25.0 Å². The van der Waals surface area contributed by atoms with Gasteiger partial charge < -0.3 is 10.1 Å². The van der Waals surface area contributed by atoms with Gasteiger partial charge in [0.25, 0.3) is 0 Å². The summed E-state index contributed by atoms with van der Waals surface area (Å²) in [5.74, 6) is 2.96. The summed E-state index contributed by atoms with van der Waals surface area (Å²) in [5, 5.41) is 17.3. The van der Waals surface area contributed by atoms with Crippen molar-refractivity contribution in [2.75, 3.05) is 5.32 Å². The predicted molar refractivity (Wildman–Crippen MR) is 114 cm³/mol. The summed E-state index contributed by atoms with van der Waals surface area (Å²) in [6.45, 7) is 4.51. The van der Waals surface area contributed by atoms with Gasteiger partial charge in [0.05, 0.1) is 16.3 Å². The number of aromatic nitrogens is 5. The number of aryl methyl sites for hydroxylation is 1. The Bertz CT molecular complexity index is 1160. The Morgan fingerprint density at radius 1 is 1.24 bits per heavy atom. The van der Waals surface area contributed by atoms with Crippen LogP contribution in [0.3, 0.4) is 0 Å². The smallest absolute Gasteiger partial charge is 0.241 e. The number of H-pyrrole nitrogens is 1. The SMILES string of the molecule is CC1CCC(C(C)Oc2nn(C)c3cc(Nc4[nH]nc5ncccc45)ccc23)C1. The summed E-state index contributed by atoms with van der Waals surface area (Å²) in [6.07, 6.45) is 5.71. The predicted octanol–water partition coefficient (Wildman–Crippen LogP) is 4.79. The third kappa shape index (κ3) is 3.30. The van der Waals surface area contributed by atoms with Gasteiger partial charge in [-0.15, -0.1) is 5.10 Å². The van der Waals surface area contributed by atoms with Crippen LogP contribution in [0, 0.1) is 11.8 Å². The standard InChI is InChI=1S/C22H26N6O/c1-13-6-7-15(11-13)14(2)29-22-17-9-8-16(12-19(17)28(3)27-22)24-21-18-5-4-10-23-20(18)25-26-21/h4-5,8-10,12-15H,6-7,11H2,1-3H3,(H2,23,24,25,26). The van der Waals surface area contributed by atoms with Crippen LogP contribution in [0.15, 0.2) is 36.5 Å². The van der Waals surface area contributed by atoms with Gasteiger partial charge in [0, 0.05) is 18.9 Å². The number of aromatic amines is 1. The molecule has 1 aliphatic rings. The molecule has 2 N–H and O–H groups in total. The molecule has 1 saturated carbocycles. The van der Waals surface area contributed by atoms with Crippen LogP contribution in [0.2, 0.25) is 0 Å². The fraction of sp³-hybridized carbons (Fsp3) is 0.409. The van der Waals surface area contributed by atoms with Gasteiger partial charge in [-0.3, -0.25) is 9.78 Å². The molecule has 1 fully saturated rings. The molecule has 4 aromatic rings. The Morgan fingerprint density at radius 2 is 2.14 bits per heavy atom. The Hall–Kier alpha value is -3.09. The van der Waals surface area contributed by atoms with Crippen LogP contribution < -0.4 is 10.1 Å². The van der Waals surface area contributed by atoms with Crippen molar-refractivity contribution in [2.24, 2.45) is 18.9 Å². The first-order valence-corrected chi connectivity index (χ1v) is 10.3. The van der Waals surface area contributed by atoms with Gasteiger partial charge in [0.2, 0.25) is 5.88 Å². The minimum atomic E-state index is 0.180. The molecule has 0 bridgehead atoms. The lowest BCUT2D eigenvalue weighted by Gasteiger charge is -2.19. The second-order valence-electron chi connectivity index (χ2n) is 8.26. The quantitative estimate of drug-likeness (QED) is 0.512. The van der Waals surface area contributed by atoms with E-state index in [0.717, 1.165) is 39.6 Å². The van der Waals surface area contributed by atoms with Gasteiger partial charge in [-0.1, -0.05) is 13.3 Å². The molecule has 3 aromatic heterocycles. The zero-order chi connectivity index (χ0) is 20.0. The van der Waals surface area contributed by atoms with Crippen molar-refractivity contribution in [3.8, 4) is 5.88 Å². The highest BCUT2D eigenvalue weighted by Gasteiger charge is 2.28. The molecule has 3 atom stereocenters. The van der Waals surface area contributed by atoms with E-state index in [0.29, 0.717) is 11.6 Å². The fourth-order valence-electron chi connectivity index (χ4n) is 4.43. The van der Waals surface area contributed by atoms with Crippen LogP contribution in [-0.2, 0) is 7.05 Å². The first-order valence-electron chi connectivity index (χ1n) is 10.3. The van der Waals surface area contributed by atoms with Crippen molar-refractivity contribution >= 4 is 33.4 Å². The number of hydrogen-bond acceptors (Lipinski definition) is 5. The molecule has 0 radical (unpaired) electrons. The van der Waals surface area contributed by atoms with Crippen LogP contribution >= 0.6 is 0 Å². The van der Waals surface area contributed by atoms with E-state index in [1.807, 2.05) is 29.9 Å². The minimum absolute atomic E-state index is 0.180. The molecule has 0 aliphatic heterocycles. The van der Waals surface area contributed by atoms with Gasteiger partial charge in [0.15, 0.2) is 5.65 Å². The first kappa shape index (κ1) is 18.0. The number of nitrogens with one attached hydrogen (secondary N) is 2. The van der Waals surface area contributed by atoms with Gasteiger partial charge >= 0.3 is 0 Å². The summed E-state index contributed by atoms with van der Waals surface area (Å²) >= 11 is 0. The van der Waals surface area contributed by atoms with Gasteiger partial charge in [-0.05, 0) is 61.9 Å². The van der Waals surface area contributed by atoms with E-state index in [1.54, 1.807) is 6.20 Å². The second-order valence-corrected chi connectivity index (χ2v) is 8.26. The summed E-state index contributed by atoms with van der Waals surface area (Å²) < 4.78 is 8.19. The van der Waals surface area contributed by atoms with Gasteiger partial charge in [-0.2, -0.15) is 5.10 Å². The molecule has 7 nitrogen and oxygen atoms in total. The Morgan fingerprint density at radius 3 is 2.97 bits per heavy atom. The number of nitrogens with zero attached hydrogens (tertiary/aromatic N) is 4. The normalized spacial score (nSPS) is 20.4. The van der Waals surface area contributed by atoms with Crippen molar-refractivity contribution in [3.05, 3.63) is 36.5 Å². The van der Waals surface area contributed by atoms with E-state index in [2.05, 4.69) is 51.6 Å². The first-order chi connectivity index (χ1) is 14.1. The van der Waals surface area contributed by atoms with E-state index in [4.69, 9.17) is 4.74 Å². The van der Waals surface area contributed by atoms with Crippen molar-refractivity contribution in [1.29, 1.82) is 0 Å². The lowest BCUT2D eigenvalue weighted by atomic mass is 10.0. The van der Waals surface area contributed by atoms with Crippen LogP contribution in [0.4, 0.5) is 11.5 Å². The third-order valence-corrected chi connectivity index (χ3v) is 6.11. The monoisotopic (exact) mass is 390 g/mol. The number of benzene rings is 1. The van der Waals surface area contributed by atoms with Crippen LogP contribution in [0.1, 0.15) is 33.1 Å². The molecule has 0 saturated heterocycles. The van der Waals surface area contributed by atoms with Crippen molar-refractivity contribution < 1.29 is 4.74 Å². The number of rotatable bonds is 5. The molecule has 5 rings (SSSR count). The van der Waals surface area contributed by atoms with Crippen LogP contribution in [0.25, 0.3) is 21.9 Å². The molecular formula is C22H26N6O. The molecule has 0 amide bonds. The van der Waals surface area contributed by atoms with E-state index in [9.17, 15) is 0 Å². The maximum absolute atomic E-state index is 6.31. The Balaban J connectivity index is 1.40. The highest BCUT2D eigenvalue weighted by molar-refractivity contribution is 5.92.